The van der Waals surface area contributed by atoms with Gasteiger partial charge >= 0.3 is 0 Å². The standard InChI is InChI=1S/C27H33N5O4/c1-27(2,35)19-9-11-31(12-10-19)25(33)16-32-15-18-13-23(24(36-3)14-22(18)30-32)29-26(34)21-6-4-5-20(28-21)17-7-8-17/h4-6,13-15,17,19,35H,7-12,16H2,1-3H3,(H,29,34). The monoisotopic (exact) mass is 491 g/mol. The Kier molecular flexibility index (Phi) is 6.42. The molecule has 9 nitrogen and oxygen atoms in total. The summed E-state index contributed by atoms with van der Waals surface area (Å²) in [5, 5.41) is 18.5. The Hall–Kier alpha value is -3.46. The average Bonchev–Trinajstić information content (AvgIpc) is 3.64. The molecule has 0 spiro atoms. The van der Waals surface area contributed by atoms with Gasteiger partial charge in [0.15, 0.2) is 0 Å². The van der Waals surface area contributed by atoms with Gasteiger partial charge in [0.05, 0.1) is 23.9 Å². The minimum atomic E-state index is -0.725. The number of piperidine rings is 1. The molecule has 5 rings (SSSR count). The van der Waals surface area contributed by atoms with Crippen molar-refractivity contribution in [2.75, 3.05) is 25.5 Å². The second-order valence-corrected chi connectivity index (χ2v) is 10.4. The highest BCUT2D eigenvalue weighted by atomic mass is 16.5. The van der Waals surface area contributed by atoms with Gasteiger partial charge in [-0.1, -0.05) is 6.07 Å². The van der Waals surface area contributed by atoms with Crippen molar-refractivity contribution in [2.45, 2.75) is 57.6 Å². The van der Waals surface area contributed by atoms with Gasteiger partial charge in [-0.05, 0) is 63.6 Å². The third kappa shape index (κ3) is 5.21. The average molecular weight is 492 g/mol. The van der Waals surface area contributed by atoms with Crippen LogP contribution in [0.5, 0.6) is 5.75 Å². The fraction of sp³-hybridized carbons (Fsp3) is 0.481. The molecule has 1 aliphatic heterocycles. The maximum Gasteiger partial charge on any atom is 0.274 e. The molecule has 1 aromatic carbocycles. The van der Waals surface area contributed by atoms with Crippen LogP contribution in [0.4, 0.5) is 5.69 Å². The van der Waals surface area contributed by atoms with E-state index < -0.39 is 5.60 Å². The Labute approximate surface area is 210 Å². The molecule has 0 unspecified atom stereocenters. The molecule has 0 bridgehead atoms. The van der Waals surface area contributed by atoms with Crippen LogP contribution >= 0.6 is 0 Å². The van der Waals surface area contributed by atoms with Crippen molar-refractivity contribution in [3.05, 3.63) is 47.9 Å². The largest absolute Gasteiger partial charge is 0.494 e. The number of pyridine rings is 1. The van der Waals surface area contributed by atoms with Crippen molar-refractivity contribution in [3.63, 3.8) is 0 Å². The summed E-state index contributed by atoms with van der Waals surface area (Å²) >= 11 is 0. The van der Waals surface area contributed by atoms with Crippen molar-refractivity contribution in [2.24, 2.45) is 5.92 Å². The van der Waals surface area contributed by atoms with E-state index in [1.54, 1.807) is 36.2 Å². The zero-order valence-electron chi connectivity index (χ0n) is 21.0. The van der Waals surface area contributed by atoms with Crippen molar-refractivity contribution in [1.82, 2.24) is 19.7 Å². The minimum absolute atomic E-state index is 0.000822. The summed E-state index contributed by atoms with van der Waals surface area (Å²) in [6.07, 6.45) is 5.62. The van der Waals surface area contributed by atoms with Gasteiger partial charge in [0, 0.05) is 42.4 Å². The number of nitrogens with zero attached hydrogens (tertiary/aromatic N) is 4. The molecule has 2 aliphatic rings. The SMILES string of the molecule is COc1cc2nn(CC(=O)N3CCC(C(C)(C)O)CC3)cc2cc1NC(=O)c1cccc(C2CC2)n1. The van der Waals surface area contributed by atoms with Gasteiger partial charge in [-0.25, -0.2) is 4.98 Å². The Morgan fingerprint density at radius 3 is 2.58 bits per heavy atom. The summed E-state index contributed by atoms with van der Waals surface area (Å²) in [5.74, 6) is 0.845. The lowest BCUT2D eigenvalue weighted by Crippen LogP contribution is -2.45. The lowest BCUT2D eigenvalue weighted by molar-refractivity contribution is -0.134. The second-order valence-electron chi connectivity index (χ2n) is 10.4. The molecular weight excluding hydrogens is 458 g/mol. The summed E-state index contributed by atoms with van der Waals surface area (Å²) < 4.78 is 7.13. The second kappa shape index (κ2) is 9.54. The summed E-state index contributed by atoms with van der Waals surface area (Å²) in [6, 6.07) is 9.10. The molecule has 0 atom stereocenters. The molecule has 2 fully saturated rings. The number of benzene rings is 1. The smallest absolute Gasteiger partial charge is 0.274 e. The number of fused-ring (bicyclic) bond motifs is 1. The van der Waals surface area contributed by atoms with Crippen molar-refractivity contribution >= 4 is 28.4 Å². The normalized spacial score (nSPS) is 16.8. The molecule has 190 valence electrons. The number of aliphatic hydroxyl groups is 1. The van der Waals surface area contributed by atoms with Gasteiger partial charge < -0.3 is 20.1 Å². The molecule has 1 aliphatic carbocycles. The number of ether oxygens (including phenoxy) is 1. The number of likely N-dealkylation sites (tertiary alicyclic amines) is 1. The molecule has 2 N–H and O–H groups in total. The summed E-state index contributed by atoms with van der Waals surface area (Å²) in [7, 11) is 1.54. The van der Waals surface area contributed by atoms with E-state index >= 15 is 0 Å². The predicted octanol–water partition coefficient (Wildman–Crippen LogP) is 3.58. The lowest BCUT2D eigenvalue weighted by atomic mass is 9.83. The van der Waals surface area contributed by atoms with Crippen LogP contribution < -0.4 is 10.1 Å². The maximum atomic E-state index is 12.9. The summed E-state index contributed by atoms with van der Waals surface area (Å²) in [4.78, 5) is 32.2. The van der Waals surface area contributed by atoms with Crippen LogP contribution in [-0.2, 0) is 11.3 Å². The zero-order chi connectivity index (χ0) is 25.4. The van der Waals surface area contributed by atoms with E-state index in [1.165, 1.54) is 0 Å². The first-order chi connectivity index (χ1) is 17.2. The third-order valence-corrected chi connectivity index (χ3v) is 7.26. The molecule has 3 heterocycles. The first kappa shape index (κ1) is 24.2. The third-order valence-electron chi connectivity index (χ3n) is 7.26. The quantitative estimate of drug-likeness (QED) is 0.523. The van der Waals surface area contributed by atoms with Crippen LogP contribution in [0, 0.1) is 5.92 Å². The molecule has 2 aromatic heterocycles. The highest BCUT2D eigenvalue weighted by Crippen LogP contribution is 2.39. The van der Waals surface area contributed by atoms with Crippen LogP contribution in [0.3, 0.4) is 0 Å². The number of hydrogen-bond donors (Lipinski definition) is 2. The van der Waals surface area contributed by atoms with Crippen LogP contribution in [0.1, 0.15) is 61.6 Å². The number of methoxy groups -OCH3 is 1. The van der Waals surface area contributed by atoms with Gasteiger partial charge in [-0.2, -0.15) is 5.10 Å². The number of amides is 2. The molecular formula is C27H33N5O4. The zero-order valence-corrected chi connectivity index (χ0v) is 21.0. The molecule has 36 heavy (non-hydrogen) atoms. The van der Waals surface area contributed by atoms with Gasteiger partial charge in [-0.3, -0.25) is 14.3 Å². The number of rotatable bonds is 7. The molecule has 3 aromatic rings. The highest BCUT2D eigenvalue weighted by molar-refractivity contribution is 6.05. The van der Waals surface area contributed by atoms with Crippen LogP contribution in [-0.4, -0.2) is 62.4 Å². The Bertz CT molecular complexity index is 1280. The van der Waals surface area contributed by atoms with E-state index in [0.29, 0.717) is 41.7 Å². The van der Waals surface area contributed by atoms with Gasteiger partial charge in [0.1, 0.15) is 18.0 Å². The van der Waals surface area contributed by atoms with E-state index in [2.05, 4.69) is 15.4 Å². The lowest BCUT2D eigenvalue weighted by Gasteiger charge is -2.37. The Morgan fingerprint density at radius 1 is 1.17 bits per heavy atom. The summed E-state index contributed by atoms with van der Waals surface area (Å²) in [5.41, 5.74) is 1.80. The van der Waals surface area contributed by atoms with Crippen molar-refractivity contribution in [1.29, 1.82) is 0 Å². The number of aromatic nitrogens is 3. The first-order valence-corrected chi connectivity index (χ1v) is 12.5. The van der Waals surface area contributed by atoms with E-state index in [1.807, 2.05) is 30.9 Å². The predicted molar refractivity (Wildman–Crippen MR) is 136 cm³/mol. The number of carbonyl (C=O) groups is 2. The topological polar surface area (TPSA) is 110 Å². The van der Waals surface area contributed by atoms with E-state index in [9.17, 15) is 14.7 Å². The maximum absolute atomic E-state index is 12.9. The van der Waals surface area contributed by atoms with Crippen molar-refractivity contribution < 1.29 is 19.4 Å². The van der Waals surface area contributed by atoms with Crippen LogP contribution in [0.25, 0.3) is 10.9 Å². The number of carbonyl (C=O) groups excluding carboxylic acids is 2. The van der Waals surface area contributed by atoms with Gasteiger partial charge in [0.25, 0.3) is 5.91 Å². The molecule has 9 heteroatoms. The van der Waals surface area contributed by atoms with Crippen LogP contribution in [0.2, 0.25) is 0 Å². The fourth-order valence-electron chi connectivity index (χ4n) is 4.90. The van der Waals surface area contributed by atoms with Gasteiger partial charge in [-0.15, -0.1) is 0 Å². The van der Waals surface area contributed by atoms with Crippen LogP contribution in [0.15, 0.2) is 36.5 Å². The Morgan fingerprint density at radius 2 is 1.92 bits per heavy atom. The Balaban J connectivity index is 1.28. The molecule has 0 radical (unpaired) electrons. The minimum Gasteiger partial charge on any atom is -0.494 e. The molecule has 1 saturated carbocycles. The highest BCUT2D eigenvalue weighted by Gasteiger charge is 2.32. The number of nitrogens with one attached hydrogen (secondary N) is 1. The molecule has 1 saturated heterocycles. The van der Waals surface area contributed by atoms with E-state index in [4.69, 9.17) is 4.74 Å². The summed E-state index contributed by atoms with van der Waals surface area (Å²) in [6.45, 7) is 5.06. The number of hydrogen-bond acceptors (Lipinski definition) is 6. The van der Waals surface area contributed by atoms with E-state index in [0.717, 1.165) is 36.8 Å². The van der Waals surface area contributed by atoms with E-state index in [-0.39, 0.29) is 24.3 Å². The fourth-order valence-corrected chi connectivity index (χ4v) is 4.90. The van der Waals surface area contributed by atoms with Crippen molar-refractivity contribution in [3.8, 4) is 5.75 Å². The molecule has 2 amide bonds. The number of anilines is 1. The first-order valence-electron chi connectivity index (χ1n) is 12.5. The van der Waals surface area contributed by atoms with Gasteiger partial charge in [0.2, 0.25) is 5.91 Å².